The van der Waals surface area contributed by atoms with Crippen molar-refractivity contribution in [3.63, 3.8) is 0 Å². The van der Waals surface area contributed by atoms with Gasteiger partial charge >= 0.3 is 0 Å². The standard InChI is InChI=1S/C7H14IN/c8-6-2-1-3-7(9)5-4-6/h6-7H,1-5,9H2. The van der Waals surface area contributed by atoms with Crippen molar-refractivity contribution in [1.82, 2.24) is 0 Å². The molecule has 2 atom stereocenters. The third-order valence-corrected chi connectivity index (χ3v) is 3.19. The van der Waals surface area contributed by atoms with Crippen LogP contribution in [0.3, 0.4) is 0 Å². The summed E-state index contributed by atoms with van der Waals surface area (Å²) < 4.78 is 0.899. The van der Waals surface area contributed by atoms with Crippen molar-refractivity contribution in [2.75, 3.05) is 0 Å². The first-order valence-electron chi connectivity index (χ1n) is 3.68. The van der Waals surface area contributed by atoms with Crippen molar-refractivity contribution in [2.45, 2.75) is 42.1 Å². The molecule has 1 saturated carbocycles. The topological polar surface area (TPSA) is 26.0 Å². The van der Waals surface area contributed by atoms with Gasteiger partial charge in [-0.3, -0.25) is 0 Å². The van der Waals surface area contributed by atoms with Crippen LogP contribution < -0.4 is 5.73 Å². The van der Waals surface area contributed by atoms with E-state index in [9.17, 15) is 0 Å². The quantitative estimate of drug-likeness (QED) is 0.391. The monoisotopic (exact) mass is 239 g/mol. The molecule has 1 nitrogen and oxygen atoms in total. The van der Waals surface area contributed by atoms with E-state index in [-0.39, 0.29) is 0 Å². The molecule has 0 aromatic rings. The summed E-state index contributed by atoms with van der Waals surface area (Å²) in [5.41, 5.74) is 5.79. The maximum absolute atomic E-state index is 5.79. The summed E-state index contributed by atoms with van der Waals surface area (Å²) in [6, 6.07) is 0.504. The predicted molar refractivity (Wildman–Crippen MR) is 48.9 cm³/mol. The molecule has 1 aliphatic carbocycles. The van der Waals surface area contributed by atoms with Crippen LogP contribution >= 0.6 is 22.6 Å². The molecular formula is C7H14IN. The Morgan fingerprint density at radius 1 is 1.11 bits per heavy atom. The van der Waals surface area contributed by atoms with Gasteiger partial charge in [0.15, 0.2) is 0 Å². The lowest BCUT2D eigenvalue weighted by Crippen LogP contribution is -2.17. The first-order chi connectivity index (χ1) is 4.29. The minimum absolute atomic E-state index is 0.504. The molecule has 0 aliphatic heterocycles. The van der Waals surface area contributed by atoms with E-state index in [2.05, 4.69) is 22.6 Å². The fraction of sp³-hybridized carbons (Fsp3) is 1.00. The molecule has 0 heterocycles. The zero-order valence-corrected chi connectivity index (χ0v) is 7.80. The molecule has 0 saturated heterocycles. The number of hydrogen-bond donors (Lipinski definition) is 1. The van der Waals surface area contributed by atoms with Gasteiger partial charge in [0.1, 0.15) is 0 Å². The van der Waals surface area contributed by atoms with Crippen LogP contribution in [0, 0.1) is 0 Å². The van der Waals surface area contributed by atoms with E-state index < -0.39 is 0 Å². The van der Waals surface area contributed by atoms with Crippen LogP contribution in [0.15, 0.2) is 0 Å². The summed E-state index contributed by atoms with van der Waals surface area (Å²) in [5.74, 6) is 0. The molecule has 2 heteroatoms. The van der Waals surface area contributed by atoms with Crippen molar-refractivity contribution >= 4 is 22.6 Å². The molecular weight excluding hydrogens is 225 g/mol. The number of alkyl halides is 1. The molecule has 2 N–H and O–H groups in total. The third kappa shape index (κ3) is 2.85. The minimum atomic E-state index is 0.504. The van der Waals surface area contributed by atoms with Gasteiger partial charge in [-0.2, -0.15) is 0 Å². The summed E-state index contributed by atoms with van der Waals surface area (Å²) in [7, 11) is 0. The molecule has 1 aliphatic rings. The number of rotatable bonds is 0. The van der Waals surface area contributed by atoms with E-state index in [1.807, 2.05) is 0 Å². The van der Waals surface area contributed by atoms with Crippen LogP contribution in [0.2, 0.25) is 0 Å². The number of nitrogens with two attached hydrogens (primary N) is 1. The Morgan fingerprint density at radius 2 is 1.89 bits per heavy atom. The molecule has 0 aromatic heterocycles. The Hall–Kier alpha value is 0.690. The Balaban J connectivity index is 2.25. The minimum Gasteiger partial charge on any atom is -0.328 e. The Labute approximate surface area is 70.5 Å². The fourth-order valence-electron chi connectivity index (χ4n) is 1.29. The van der Waals surface area contributed by atoms with E-state index in [0.29, 0.717) is 6.04 Å². The molecule has 0 radical (unpaired) electrons. The Bertz CT molecular complexity index is 75.0. The fourth-order valence-corrected chi connectivity index (χ4v) is 2.09. The summed E-state index contributed by atoms with van der Waals surface area (Å²) in [6.45, 7) is 0. The first-order valence-corrected chi connectivity index (χ1v) is 4.93. The smallest absolute Gasteiger partial charge is 0.0110 e. The van der Waals surface area contributed by atoms with Crippen LogP contribution in [-0.2, 0) is 0 Å². The maximum Gasteiger partial charge on any atom is 0.0110 e. The molecule has 54 valence electrons. The van der Waals surface area contributed by atoms with E-state index in [1.165, 1.54) is 32.1 Å². The van der Waals surface area contributed by atoms with Crippen LogP contribution in [0.1, 0.15) is 32.1 Å². The second-order valence-electron chi connectivity index (χ2n) is 2.87. The molecule has 2 unspecified atom stereocenters. The molecule has 1 rings (SSSR count). The van der Waals surface area contributed by atoms with Crippen molar-refractivity contribution in [1.29, 1.82) is 0 Å². The van der Waals surface area contributed by atoms with Crippen LogP contribution in [0.5, 0.6) is 0 Å². The van der Waals surface area contributed by atoms with Gasteiger partial charge in [-0.1, -0.05) is 29.0 Å². The Kier molecular flexibility index (Phi) is 3.26. The Morgan fingerprint density at radius 3 is 2.67 bits per heavy atom. The zero-order chi connectivity index (χ0) is 6.69. The SMILES string of the molecule is NC1CCCC(I)CC1. The van der Waals surface area contributed by atoms with Gasteiger partial charge in [0, 0.05) is 9.97 Å². The predicted octanol–water partition coefficient (Wildman–Crippen LogP) is 2.08. The summed E-state index contributed by atoms with van der Waals surface area (Å²) in [5, 5.41) is 0. The first kappa shape index (κ1) is 7.79. The van der Waals surface area contributed by atoms with Crippen molar-refractivity contribution in [3.8, 4) is 0 Å². The van der Waals surface area contributed by atoms with Gasteiger partial charge in [-0.05, 0) is 25.7 Å². The second-order valence-corrected chi connectivity index (χ2v) is 4.63. The van der Waals surface area contributed by atoms with E-state index >= 15 is 0 Å². The lowest BCUT2D eigenvalue weighted by Gasteiger charge is -2.04. The molecule has 0 spiro atoms. The average molecular weight is 239 g/mol. The molecule has 9 heavy (non-hydrogen) atoms. The highest BCUT2D eigenvalue weighted by Gasteiger charge is 2.12. The largest absolute Gasteiger partial charge is 0.328 e. The van der Waals surface area contributed by atoms with Crippen molar-refractivity contribution in [3.05, 3.63) is 0 Å². The van der Waals surface area contributed by atoms with Crippen LogP contribution in [0.4, 0.5) is 0 Å². The van der Waals surface area contributed by atoms with Gasteiger partial charge in [0.2, 0.25) is 0 Å². The second kappa shape index (κ2) is 3.76. The summed E-state index contributed by atoms with van der Waals surface area (Å²) in [6.07, 6.45) is 6.55. The molecule has 0 amide bonds. The van der Waals surface area contributed by atoms with Gasteiger partial charge in [-0.15, -0.1) is 0 Å². The molecule has 0 aromatic carbocycles. The lowest BCUT2D eigenvalue weighted by molar-refractivity contribution is 0.584. The highest BCUT2D eigenvalue weighted by molar-refractivity contribution is 14.1. The van der Waals surface area contributed by atoms with E-state index in [0.717, 1.165) is 3.92 Å². The zero-order valence-electron chi connectivity index (χ0n) is 5.65. The van der Waals surface area contributed by atoms with Crippen LogP contribution in [-0.4, -0.2) is 9.97 Å². The van der Waals surface area contributed by atoms with Gasteiger partial charge in [0.05, 0.1) is 0 Å². The van der Waals surface area contributed by atoms with Crippen molar-refractivity contribution in [2.24, 2.45) is 5.73 Å². The molecule has 0 bridgehead atoms. The van der Waals surface area contributed by atoms with Crippen molar-refractivity contribution < 1.29 is 0 Å². The average Bonchev–Trinajstić information content (AvgIpc) is 1.97. The van der Waals surface area contributed by atoms with Gasteiger partial charge in [0.25, 0.3) is 0 Å². The summed E-state index contributed by atoms with van der Waals surface area (Å²) >= 11 is 2.54. The van der Waals surface area contributed by atoms with Crippen LogP contribution in [0.25, 0.3) is 0 Å². The highest BCUT2D eigenvalue weighted by Crippen LogP contribution is 2.22. The third-order valence-electron chi connectivity index (χ3n) is 1.94. The molecule has 1 fully saturated rings. The number of halogens is 1. The maximum atomic E-state index is 5.79. The van der Waals surface area contributed by atoms with E-state index in [4.69, 9.17) is 5.73 Å². The normalized spacial score (nSPS) is 38.0. The van der Waals surface area contributed by atoms with Gasteiger partial charge < -0.3 is 5.73 Å². The van der Waals surface area contributed by atoms with Gasteiger partial charge in [-0.25, -0.2) is 0 Å². The lowest BCUT2D eigenvalue weighted by atomic mass is 10.1. The number of hydrogen-bond acceptors (Lipinski definition) is 1. The summed E-state index contributed by atoms with van der Waals surface area (Å²) in [4.78, 5) is 0. The highest BCUT2D eigenvalue weighted by atomic mass is 127. The van der Waals surface area contributed by atoms with E-state index in [1.54, 1.807) is 0 Å².